The van der Waals surface area contributed by atoms with Gasteiger partial charge in [0.1, 0.15) is 0 Å². The molecular weight excluding hydrogens is 144 g/mol. The molecule has 0 aromatic rings. The molecule has 3 spiro atoms. The smallest absolute Gasteiger partial charge is 0.0142 e. The topological polar surface area (TPSA) is 0 Å². The van der Waals surface area contributed by atoms with Crippen molar-refractivity contribution in [1.29, 1.82) is 0 Å². The van der Waals surface area contributed by atoms with E-state index in [2.05, 4.69) is 0 Å². The van der Waals surface area contributed by atoms with Gasteiger partial charge in [0.05, 0.1) is 0 Å². The van der Waals surface area contributed by atoms with E-state index in [1.807, 2.05) is 0 Å². The van der Waals surface area contributed by atoms with Crippen LogP contribution in [0.2, 0.25) is 0 Å². The molecule has 0 N–H and O–H groups in total. The van der Waals surface area contributed by atoms with Gasteiger partial charge in [-0.15, -0.1) is 0 Å². The minimum absolute atomic E-state index is 0.985. The Labute approximate surface area is 73.7 Å². The molecule has 5 aliphatic rings. The van der Waals surface area contributed by atoms with Crippen LogP contribution in [0.4, 0.5) is 0 Å². The zero-order valence-electron chi connectivity index (χ0n) is 7.60. The zero-order chi connectivity index (χ0) is 7.60. The maximum absolute atomic E-state index is 1.65. The molecule has 0 aromatic heterocycles. The lowest BCUT2D eigenvalue weighted by Crippen LogP contribution is -2.40. The molecule has 0 heteroatoms. The van der Waals surface area contributed by atoms with Crippen LogP contribution in [0.25, 0.3) is 0 Å². The second kappa shape index (κ2) is 1.14. The van der Waals surface area contributed by atoms with E-state index < -0.39 is 0 Å². The van der Waals surface area contributed by atoms with Crippen LogP contribution in [0.1, 0.15) is 44.9 Å². The van der Waals surface area contributed by atoms with Gasteiger partial charge in [-0.25, -0.2) is 0 Å². The molecule has 64 valence electrons. The molecule has 0 amide bonds. The van der Waals surface area contributed by atoms with Gasteiger partial charge in [0.15, 0.2) is 0 Å². The van der Waals surface area contributed by atoms with Gasteiger partial charge in [0.2, 0.25) is 0 Å². The van der Waals surface area contributed by atoms with Crippen molar-refractivity contribution in [3.8, 4) is 0 Å². The molecule has 0 radical (unpaired) electrons. The average molecular weight is 160 g/mol. The molecule has 3 unspecified atom stereocenters. The quantitative estimate of drug-likeness (QED) is 0.511. The summed E-state index contributed by atoms with van der Waals surface area (Å²) in [5.74, 6) is 2.55. The van der Waals surface area contributed by atoms with Crippen molar-refractivity contribution in [3.63, 3.8) is 0 Å². The summed E-state index contributed by atoms with van der Waals surface area (Å²) in [5, 5.41) is 0. The van der Waals surface area contributed by atoms with Crippen molar-refractivity contribution < 1.29 is 0 Å². The van der Waals surface area contributed by atoms with Crippen molar-refractivity contribution in [2.75, 3.05) is 0 Å². The molecule has 4 atom stereocenters. The summed E-state index contributed by atoms with van der Waals surface area (Å²) in [6.07, 6.45) is 11.4. The summed E-state index contributed by atoms with van der Waals surface area (Å²) < 4.78 is 0. The minimum Gasteiger partial charge on any atom is -0.0524 e. The van der Waals surface area contributed by atoms with Gasteiger partial charge in [0.25, 0.3) is 0 Å². The third-order valence-corrected chi connectivity index (χ3v) is 6.69. The Morgan fingerprint density at radius 2 is 1.75 bits per heavy atom. The lowest BCUT2D eigenvalue weighted by atomic mass is 9.57. The van der Waals surface area contributed by atoms with E-state index >= 15 is 0 Å². The largest absolute Gasteiger partial charge is 0.0524 e. The van der Waals surface area contributed by atoms with E-state index in [1.165, 1.54) is 11.8 Å². The Balaban J connectivity index is 1.65. The van der Waals surface area contributed by atoms with Crippen LogP contribution >= 0.6 is 0 Å². The van der Waals surface area contributed by atoms with Crippen LogP contribution in [-0.4, -0.2) is 0 Å². The van der Waals surface area contributed by atoms with E-state index in [0.29, 0.717) is 0 Å². The number of rotatable bonds is 0. The van der Waals surface area contributed by atoms with Crippen molar-refractivity contribution in [1.82, 2.24) is 0 Å². The minimum atomic E-state index is 0.985. The molecule has 0 aromatic carbocycles. The number of fused-ring (bicyclic) bond motifs is 3. The Morgan fingerprint density at radius 1 is 0.917 bits per heavy atom. The van der Waals surface area contributed by atoms with E-state index in [0.717, 1.165) is 16.2 Å². The second-order valence-electron chi connectivity index (χ2n) is 6.27. The standard InChI is InChI=1S/C12H16/c1-2-8-9-11(8,3-1)12(9)7-6-10(12)4-5-10/h8-9H,1-7H2/t8?,9?,11?,12-/m1/s1. The van der Waals surface area contributed by atoms with Crippen LogP contribution in [0, 0.1) is 28.1 Å². The highest BCUT2D eigenvalue weighted by molar-refractivity contribution is 5.48. The van der Waals surface area contributed by atoms with E-state index in [4.69, 9.17) is 0 Å². The summed E-state index contributed by atoms with van der Waals surface area (Å²) in [7, 11) is 0. The SMILES string of the molecule is C1CC2C3C2(C1)[C@]31CCC12CC2. The van der Waals surface area contributed by atoms with Crippen LogP contribution in [0.15, 0.2) is 0 Å². The number of hydrogen-bond donors (Lipinski definition) is 0. The summed E-state index contributed by atoms with van der Waals surface area (Å²) in [6, 6.07) is 0. The molecular formula is C12H16. The molecule has 5 aliphatic carbocycles. The highest BCUT2D eigenvalue weighted by atomic mass is 15.0. The molecule has 0 saturated heterocycles. The summed E-state index contributed by atoms with van der Waals surface area (Å²) in [4.78, 5) is 0. The van der Waals surface area contributed by atoms with Gasteiger partial charge in [-0.3, -0.25) is 0 Å². The van der Waals surface area contributed by atoms with Crippen LogP contribution < -0.4 is 0 Å². The number of hydrogen-bond acceptors (Lipinski definition) is 0. The first-order valence-electron chi connectivity index (χ1n) is 5.88. The zero-order valence-corrected chi connectivity index (χ0v) is 7.60. The van der Waals surface area contributed by atoms with E-state index in [1.54, 1.807) is 44.9 Å². The molecule has 0 heterocycles. The molecule has 5 rings (SSSR count). The van der Waals surface area contributed by atoms with E-state index in [9.17, 15) is 0 Å². The first-order valence-corrected chi connectivity index (χ1v) is 5.88. The Kier molecular flexibility index (Phi) is 0.541. The Bertz CT molecular complexity index is 301. The molecule has 5 saturated carbocycles. The molecule has 5 fully saturated rings. The van der Waals surface area contributed by atoms with Crippen LogP contribution in [-0.2, 0) is 0 Å². The summed E-state index contributed by atoms with van der Waals surface area (Å²) >= 11 is 0. The molecule has 12 heavy (non-hydrogen) atoms. The van der Waals surface area contributed by atoms with Gasteiger partial charge < -0.3 is 0 Å². The van der Waals surface area contributed by atoms with E-state index in [-0.39, 0.29) is 0 Å². The fourth-order valence-electron chi connectivity index (χ4n) is 6.17. The summed E-state index contributed by atoms with van der Waals surface area (Å²) in [5.41, 5.74) is 3.02. The third-order valence-electron chi connectivity index (χ3n) is 6.69. The van der Waals surface area contributed by atoms with Crippen molar-refractivity contribution in [2.45, 2.75) is 44.9 Å². The fraction of sp³-hybridized carbons (Fsp3) is 1.00. The first kappa shape index (κ1) is 5.67. The summed E-state index contributed by atoms with van der Waals surface area (Å²) in [6.45, 7) is 0. The maximum atomic E-state index is 1.65. The Morgan fingerprint density at radius 3 is 2.25 bits per heavy atom. The predicted molar refractivity (Wildman–Crippen MR) is 46.6 cm³/mol. The van der Waals surface area contributed by atoms with Crippen LogP contribution in [0.3, 0.4) is 0 Å². The van der Waals surface area contributed by atoms with Crippen LogP contribution in [0.5, 0.6) is 0 Å². The van der Waals surface area contributed by atoms with Gasteiger partial charge in [-0.2, -0.15) is 0 Å². The predicted octanol–water partition coefficient (Wildman–Crippen LogP) is 2.98. The maximum Gasteiger partial charge on any atom is -0.0142 e. The van der Waals surface area contributed by atoms with Crippen molar-refractivity contribution >= 4 is 0 Å². The lowest BCUT2D eigenvalue weighted by molar-refractivity contribution is 0.0116. The molecule has 0 bridgehead atoms. The van der Waals surface area contributed by atoms with Gasteiger partial charge >= 0.3 is 0 Å². The average Bonchev–Trinajstić information content (AvgIpc) is 2.94. The lowest BCUT2D eigenvalue weighted by Gasteiger charge is -2.47. The van der Waals surface area contributed by atoms with Gasteiger partial charge in [0, 0.05) is 0 Å². The fourth-order valence-corrected chi connectivity index (χ4v) is 6.17. The van der Waals surface area contributed by atoms with Gasteiger partial charge in [-0.05, 0) is 66.6 Å². The van der Waals surface area contributed by atoms with Crippen molar-refractivity contribution in [3.05, 3.63) is 0 Å². The first-order chi connectivity index (χ1) is 5.88. The second-order valence-corrected chi connectivity index (χ2v) is 6.27. The molecule has 0 nitrogen and oxygen atoms in total. The highest BCUT2D eigenvalue weighted by Crippen LogP contribution is 3.07. The highest BCUT2D eigenvalue weighted by Gasteiger charge is 3.01. The monoisotopic (exact) mass is 160 g/mol. The van der Waals surface area contributed by atoms with Gasteiger partial charge in [-0.1, -0.05) is 6.42 Å². The normalized spacial score (nSPS) is 72.0. The Hall–Kier alpha value is 0. The molecule has 0 aliphatic heterocycles. The third kappa shape index (κ3) is 0.268. The van der Waals surface area contributed by atoms with Crippen molar-refractivity contribution in [2.24, 2.45) is 28.1 Å².